The van der Waals surface area contributed by atoms with Crippen LogP contribution >= 0.6 is 0 Å². The van der Waals surface area contributed by atoms with Crippen molar-refractivity contribution in [2.75, 3.05) is 39.3 Å². The number of hydrogen-bond donors (Lipinski definition) is 0. The van der Waals surface area contributed by atoms with E-state index < -0.39 is 5.60 Å². The predicted molar refractivity (Wildman–Crippen MR) is 151 cm³/mol. The van der Waals surface area contributed by atoms with Gasteiger partial charge in [0.1, 0.15) is 11.4 Å². The first-order chi connectivity index (χ1) is 19.2. The highest BCUT2D eigenvalue weighted by molar-refractivity contribution is 5.95. The van der Waals surface area contributed by atoms with Crippen LogP contribution in [0.25, 0.3) is 5.69 Å². The van der Waals surface area contributed by atoms with Crippen LogP contribution in [0.2, 0.25) is 0 Å². The zero-order chi connectivity index (χ0) is 28.3. The summed E-state index contributed by atoms with van der Waals surface area (Å²) in [5.74, 6) is -0.338. The van der Waals surface area contributed by atoms with Crippen molar-refractivity contribution >= 4 is 12.0 Å². The van der Waals surface area contributed by atoms with Gasteiger partial charge in [-0.1, -0.05) is 30.3 Å². The van der Waals surface area contributed by atoms with Gasteiger partial charge < -0.3 is 14.5 Å². The summed E-state index contributed by atoms with van der Waals surface area (Å²) in [6.45, 7) is 10.4. The molecule has 0 saturated carbocycles. The Morgan fingerprint density at radius 2 is 1.55 bits per heavy atom. The molecule has 0 radical (unpaired) electrons. The van der Waals surface area contributed by atoms with E-state index in [2.05, 4.69) is 22.1 Å². The van der Waals surface area contributed by atoms with Gasteiger partial charge in [-0.3, -0.25) is 9.69 Å². The van der Waals surface area contributed by atoms with Gasteiger partial charge in [0.15, 0.2) is 0 Å². The number of aromatic nitrogens is 2. The Balaban J connectivity index is 1.33. The highest BCUT2D eigenvalue weighted by atomic mass is 19.1. The molecule has 0 aliphatic carbocycles. The van der Waals surface area contributed by atoms with E-state index in [1.165, 1.54) is 17.7 Å². The summed E-state index contributed by atoms with van der Waals surface area (Å²) in [5, 5.41) is 4.61. The van der Waals surface area contributed by atoms with Gasteiger partial charge in [-0.2, -0.15) is 5.10 Å². The summed E-state index contributed by atoms with van der Waals surface area (Å²) >= 11 is 0. The fourth-order valence-corrected chi connectivity index (χ4v) is 5.49. The molecule has 2 amide bonds. The lowest BCUT2D eigenvalue weighted by molar-refractivity contribution is 0.0202. The van der Waals surface area contributed by atoms with Gasteiger partial charge in [-0.25, -0.2) is 13.9 Å². The van der Waals surface area contributed by atoms with Crippen molar-refractivity contribution in [2.45, 2.75) is 51.7 Å². The number of piperidine rings is 1. The van der Waals surface area contributed by atoms with Gasteiger partial charge in [0.05, 0.1) is 23.1 Å². The number of carbonyl (C=O) groups excluding carboxylic acids is 2. The van der Waals surface area contributed by atoms with E-state index in [-0.39, 0.29) is 23.7 Å². The first-order valence-corrected chi connectivity index (χ1v) is 14.1. The Hall–Kier alpha value is -3.72. The standard InChI is InChI=1S/C31H38FN5O3/c1-31(2,3)40-30(39)36-15-13-24(14-16-36)28-27(21-33-37(28)26-11-9-25(32)10-12-26)29(38)35-19-17-34(18-20-35)22-23-7-5-4-6-8-23/h4-12,21,24H,13-20,22H2,1-3H3. The van der Waals surface area contributed by atoms with Crippen molar-refractivity contribution in [1.29, 1.82) is 0 Å². The summed E-state index contributed by atoms with van der Waals surface area (Å²) in [4.78, 5) is 32.5. The van der Waals surface area contributed by atoms with Crippen molar-refractivity contribution in [3.05, 3.63) is 83.4 Å². The number of hydrogen-bond acceptors (Lipinski definition) is 5. The molecular weight excluding hydrogens is 509 g/mol. The first kappa shape index (κ1) is 27.8. The third kappa shape index (κ3) is 6.53. The Kier molecular flexibility index (Phi) is 8.21. The number of piperazine rings is 1. The lowest BCUT2D eigenvalue weighted by Crippen LogP contribution is -2.48. The molecule has 8 nitrogen and oxygen atoms in total. The maximum atomic E-state index is 13.9. The fraction of sp³-hybridized carbons (Fsp3) is 0.452. The molecule has 0 spiro atoms. The highest BCUT2D eigenvalue weighted by Crippen LogP contribution is 2.33. The van der Waals surface area contributed by atoms with E-state index in [4.69, 9.17) is 4.74 Å². The van der Waals surface area contributed by atoms with Crippen LogP contribution in [-0.2, 0) is 11.3 Å². The molecule has 40 heavy (non-hydrogen) atoms. The monoisotopic (exact) mass is 547 g/mol. The third-order valence-electron chi connectivity index (χ3n) is 7.55. The molecule has 9 heteroatoms. The van der Waals surface area contributed by atoms with E-state index in [9.17, 15) is 14.0 Å². The van der Waals surface area contributed by atoms with Crippen LogP contribution in [0.3, 0.4) is 0 Å². The molecule has 3 heterocycles. The molecule has 2 fully saturated rings. The van der Waals surface area contributed by atoms with Crippen LogP contribution in [0.5, 0.6) is 0 Å². The molecule has 2 aliphatic heterocycles. The van der Waals surface area contributed by atoms with Crippen molar-refractivity contribution in [3.8, 4) is 5.69 Å². The Bertz CT molecular complexity index is 1300. The van der Waals surface area contributed by atoms with Gasteiger partial charge in [-0.05, 0) is 63.4 Å². The van der Waals surface area contributed by atoms with E-state index in [1.54, 1.807) is 27.9 Å². The molecule has 2 aliphatic rings. The Morgan fingerprint density at radius 3 is 2.17 bits per heavy atom. The molecular formula is C31H38FN5O3. The normalized spacial score (nSPS) is 17.2. The Morgan fingerprint density at radius 1 is 0.900 bits per heavy atom. The number of rotatable bonds is 5. The van der Waals surface area contributed by atoms with Gasteiger partial charge in [-0.15, -0.1) is 0 Å². The highest BCUT2D eigenvalue weighted by Gasteiger charge is 2.34. The number of carbonyl (C=O) groups is 2. The number of benzene rings is 2. The number of ether oxygens (including phenoxy) is 1. The van der Waals surface area contributed by atoms with E-state index >= 15 is 0 Å². The van der Waals surface area contributed by atoms with Gasteiger partial charge in [0, 0.05) is 51.7 Å². The van der Waals surface area contributed by atoms with E-state index in [0.717, 1.165) is 25.3 Å². The molecule has 212 valence electrons. The molecule has 0 atom stereocenters. The summed E-state index contributed by atoms with van der Waals surface area (Å²) in [6.07, 6.45) is 2.69. The fourth-order valence-electron chi connectivity index (χ4n) is 5.49. The van der Waals surface area contributed by atoms with E-state index in [1.807, 2.05) is 43.9 Å². The minimum absolute atomic E-state index is 0.0181. The Labute approximate surface area is 235 Å². The second-order valence-electron chi connectivity index (χ2n) is 11.6. The lowest BCUT2D eigenvalue weighted by Gasteiger charge is -2.36. The summed E-state index contributed by atoms with van der Waals surface area (Å²) in [5.41, 5.74) is 2.82. The summed E-state index contributed by atoms with van der Waals surface area (Å²) < 4.78 is 21.0. The topological polar surface area (TPSA) is 70.9 Å². The molecule has 5 rings (SSSR count). The number of nitrogens with zero attached hydrogens (tertiary/aromatic N) is 5. The summed E-state index contributed by atoms with van der Waals surface area (Å²) in [6, 6.07) is 16.5. The second kappa shape index (κ2) is 11.8. The molecule has 2 aromatic carbocycles. The number of halogens is 1. The molecule has 0 bridgehead atoms. The van der Waals surface area contributed by atoms with Crippen molar-refractivity contribution in [1.82, 2.24) is 24.5 Å². The molecule has 0 unspecified atom stereocenters. The smallest absolute Gasteiger partial charge is 0.410 e. The summed E-state index contributed by atoms with van der Waals surface area (Å²) in [7, 11) is 0. The maximum Gasteiger partial charge on any atom is 0.410 e. The minimum Gasteiger partial charge on any atom is -0.444 e. The number of amides is 2. The zero-order valence-corrected chi connectivity index (χ0v) is 23.6. The average molecular weight is 548 g/mol. The van der Waals surface area contributed by atoms with Crippen LogP contribution in [-0.4, -0.2) is 81.4 Å². The largest absolute Gasteiger partial charge is 0.444 e. The average Bonchev–Trinajstić information content (AvgIpc) is 3.38. The van der Waals surface area contributed by atoms with E-state index in [0.29, 0.717) is 50.3 Å². The van der Waals surface area contributed by atoms with Crippen LogP contribution in [0.4, 0.5) is 9.18 Å². The SMILES string of the molecule is CC(C)(C)OC(=O)N1CCC(c2c(C(=O)N3CCN(Cc4ccccc4)CC3)cnn2-c2ccc(F)cc2)CC1. The van der Waals surface area contributed by atoms with Gasteiger partial charge >= 0.3 is 6.09 Å². The molecule has 3 aromatic rings. The van der Waals surface area contributed by atoms with Crippen molar-refractivity contribution in [3.63, 3.8) is 0 Å². The van der Waals surface area contributed by atoms with Crippen LogP contribution in [0.1, 0.15) is 61.1 Å². The van der Waals surface area contributed by atoms with Crippen LogP contribution in [0, 0.1) is 5.82 Å². The second-order valence-corrected chi connectivity index (χ2v) is 11.6. The van der Waals surface area contributed by atoms with Crippen molar-refractivity contribution < 1.29 is 18.7 Å². The van der Waals surface area contributed by atoms with Crippen molar-refractivity contribution in [2.24, 2.45) is 0 Å². The molecule has 2 saturated heterocycles. The first-order valence-electron chi connectivity index (χ1n) is 14.1. The van der Waals surface area contributed by atoms with Gasteiger partial charge in [0.2, 0.25) is 0 Å². The molecule has 0 N–H and O–H groups in total. The zero-order valence-electron chi connectivity index (χ0n) is 23.6. The maximum absolute atomic E-state index is 13.9. The third-order valence-corrected chi connectivity index (χ3v) is 7.55. The number of likely N-dealkylation sites (tertiary alicyclic amines) is 1. The predicted octanol–water partition coefficient (Wildman–Crippen LogP) is 5.08. The van der Waals surface area contributed by atoms with Crippen LogP contribution in [0.15, 0.2) is 60.8 Å². The quantitative estimate of drug-likeness (QED) is 0.445. The van der Waals surface area contributed by atoms with Crippen LogP contribution < -0.4 is 0 Å². The van der Waals surface area contributed by atoms with Gasteiger partial charge in [0.25, 0.3) is 5.91 Å². The molecule has 1 aromatic heterocycles. The lowest BCUT2D eigenvalue weighted by atomic mass is 9.90. The minimum atomic E-state index is -0.556.